The largest absolute Gasteiger partial charge is 0.464 e. The SMILES string of the molecule is COC(=O)c1csc(Cc2ccccc2F)n1. The first kappa shape index (κ1) is 11.7. The Bertz CT molecular complexity index is 539. The van der Waals surface area contributed by atoms with Crippen molar-refractivity contribution in [2.75, 3.05) is 7.11 Å². The summed E-state index contributed by atoms with van der Waals surface area (Å²) in [6.45, 7) is 0. The molecule has 0 bridgehead atoms. The number of aromatic nitrogens is 1. The molecule has 17 heavy (non-hydrogen) atoms. The van der Waals surface area contributed by atoms with Gasteiger partial charge in [-0.3, -0.25) is 0 Å². The van der Waals surface area contributed by atoms with Gasteiger partial charge in [-0.05, 0) is 11.6 Å². The molecule has 0 atom stereocenters. The predicted octanol–water partition coefficient (Wildman–Crippen LogP) is 2.66. The van der Waals surface area contributed by atoms with Crippen molar-refractivity contribution < 1.29 is 13.9 Å². The molecule has 0 N–H and O–H groups in total. The van der Waals surface area contributed by atoms with Crippen LogP contribution in [0.2, 0.25) is 0 Å². The number of hydrogen-bond donors (Lipinski definition) is 0. The molecule has 0 unspecified atom stereocenters. The number of rotatable bonds is 3. The highest BCUT2D eigenvalue weighted by Crippen LogP contribution is 2.17. The molecule has 0 aliphatic carbocycles. The van der Waals surface area contributed by atoms with Gasteiger partial charge in [0.05, 0.1) is 12.1 Å². The van der Waals surface area contributed by atoms with Crippen LogP contribution in [0.4, 0.5) is 4.39 Å². The molecule has 0 saturated carbocycles. The van der Waals surface area contributed by atoms with Crippen molar-refractivity contribution in [3.63, 3.8) is 0 Å². The van der Waals surface area contributed by atoms with Crippen LogP contribution in [-0.2, 0) is 11.2 Å². The minimum atomic E-state index is -0.471. The fraction of sp³-hybridized carbons (Fsp3) is 0.167. The van der Waals surface area contributed by atoms with E-state index in [1.165, 1.54) is 24.5 Å². The van der Waals surface area contributed by atoms with Gasteiger partial charge in [0, 0.05) is 11.8 Å². The lowest BCUT2D eigenvalue weighted by Crippen LogP contribution is -2.01. The van der Waals surface area contributed by atoms with Crippen LogP contribution in [-0.4, -0.2) is 18.1 Å². The van der Waals surface area contributed by atoms with Crippen LogP contribution in [0.25, 0.3) is 0 Å². The van der Waals surface area contributed by atoms with Gasteiger partial charge < -0.3 is 4.74 Å². The van der Waals surface area contributed by atoms with Crippen molar-refractivity contribution in [2.24, 2.45) is 0 Å². The third-order valence-electron chi connectivity index (χ3n) is 2.25. The highest BCUT2D eigenvalue weighted by atomic mass is 32.1. The number of methoxy groups -OCH3 is 1. The van der Waals surface area contributed by atoms with Gasteiger partial charge in [0.15, 0.2) is 5.69 Å². The van der Waals surface area contributed by atoms with Gasteiger partial charge in [0.25, 0.3) is 0 Å². The molecule has 0 spiro atoms. The summed E-state index contributed by atoms with van der Waals surface area (Å²) in [5, 5.41) is 2.30. The van der Waals surface area contributed by atoms with E-state index in [1.54, 1.807) is 23.6 Å². The third kappa shape index (κ3) is 2.68. The monoisotopic (exact) mass is 251 g/mol. The second-order valence-corrected chi connectivity index (χ2v) is 4.33. The van der Waals surface area contributed by atoms with Crippen LogP contribution in [0.1, 0.15) is 21.1 Å². The van der Waals surface area contributed by atoms with Crippen LogP contribution in [0.3, 0.4) is 0 Å². The van der Waals surface area contributed by atoms with E-state index < -0.39 is 5.97 Å². The molecule has 1 heterocycles. The number of hydrogen-bond acceptors (Lipinski definition) is 4. The van der Waals surface area contributed by atoms with E-state index in [2.05, 4.69) is 9.72 Å². The number of benzene rings is 1. The molecule has 2 aromatic rings. The Morgan fingerprint density at radius 3 is 2.94 bits per heavy atom. The average molecular weight is 251 g/mol. The number of halogens is 1. The Labute approximate surface area is 102 Å². The van der Waals surface area contributed by atoms with E-state index >= 15 is 0 Å². The molecular formula is C12H10FNO2S. The summed E-state index contributed by atoms with van der Waals surface area (Å²) in [6, 6.07) is 6.52. The zero-order valence-electron chi connectivity index (χ0n) is 9.14. The van der Waals surface area contributed by atoms with Gasteiger partial charge in [-0.25, -0.2) is 14.2 Å². The summed E-state index contributed by atoms with van der Waals surface area (Å²) < 4.78 is 17.9. The lowest BCUT2D eigenvalue weighted by Gasteiger charge is -1.99. The Morgan fingerprint density at radius 2 is 2.24 bits per heavy atom. The summed E-state index contributed by atoms with van der Waals surface area (Å²) in [6.07, 6.45) is 0.383. The van der Waals surface area contributed by atoms with Crippen LogP contribution < -0.4 is 0 Å². The summed E-state index contributed by atoms with van der Waals surface area (Å²) in [5.74, 6) is -0.733. The summed E-state index contributed by atoms with van der Waals surface area (Å²) >= 11 is 1.32. The van der Waals surface area contributed by atoms with Gasteiger partial charge in [0.2, 0.25) is 0 Å². The second kappa shape index (κ2) is 5.05. The highest BCUT2D eigenvalue weighted by molar-refractivity contribution is 7.09. The zero-order chi connectivity index (χ0) is 12.3. The Morgan fingerprint density at radius 1 is 1.47 bits per heavy atom. The van der Waals surface area contributed by atoms with Crippen LogP contribution >= 0.6 is 11.3 Å². The lowest BCUT2D eigenvalue weighted by molar-refractivity contribution is 0.0594. The Kier molecular flexibility index (Phi) is 3.49. The number of nitrogens with zero attached hydrogens (tertiary/aromatic N) is 1. The van der Waals surface area contributed by atoms with E-state index in [0.29, 0.717) is 17.0 Å². The van der Waals surface area contributed by atoms with E-state index in [-0.39, 0.29) is 11.5 Å². The maximum absolute atomic E-state index is 13.4. The molecule has 1 aromatic heterocycles. The standard InChI is InChI=1S/C12H10FNO2S/c1-16-12(15)10-7-17-11(14-10)6-8-4-2-3-5-9(8)13/h2-5,7H,6H2,1H3. The maximum atomic E-state index is 13.4. The molecule has 0 aliphatic rings. The van der Waals surface area contributed by atoms with Crippen LogP contribution in [0.5, 0.6) is 0 Å². The number of thiazole rings is 1. The molecule has 0 saturated heterocycles. The Hall–Kier alpha value is -1.75. The maximum Gasteiger partial charge on any atom is 0.357 e. The van der Waals surface area contributed by atoms with Gasteiger partial charge in [-0.15, -0.1) is 11.3 Å². The summed E-state index contributed by atoms with van der Waals surface area (Å²) in [7, 11) is 1.30. The number of ether oxygens (including phenoxy) is 1. The Balaban J connectivity index is 2.17. The summed E-state index contributed by atoms with van der Waals surface area (Å²) in [5.41, 5.74) is 0.835. The van der Waals surface area contributed by atoms with E-state index in [9.17, 15) is 9.18 Å². The van der Waals surface area contributed by atoms with Crippen molar-refractivity contribution in [3.8, 4) is 0 Å². The number of carbonyl (C=O) groups excluding carboxylic acids is 1. The van der Waals surface area contributed by atoms with Gasteiger partial charge in [-0.2, -0.15) is 0 Å². The molecule has 0 radical (unpaired) electrons. The smallest absolute Gasteiger partial charge is 0.357 e. The predicted molar refractivity (Wildman–Crippen MR) is 62.7 cm³/mol. The third-order valence-corrected chi connectivity index (χ3v) is 3.09. The molecule has 0 aliphatic heterocycles. The minimum absolute atomic E-state index is 0.262. The quantitative estimate of drug-likeness (QED) is 0.787. The fourth-order valence-corrected chi connectivity index (χ4v) is 2.18. The fourth-order valence-electron chi connectivity index (χ4n) is 1.40. The molecule has 1 aromatic carbocycles. The molecule has 2 rings (SSSR count). The molecule has 0 amide bonds. The molecular weight excluding hydrogens is 241 g/mol. The van der Waals surface area contributed by atoms with E-state index in [0.717, 1.165) is 0 Å². The van der Waals surface area contributed by atoms with Crippen molar-refractivity contribution >= 4 is 17.3 Å². The molecule has 5 heteroatoms. The summed E-state index contributed by atoms with van der Waals surface area (Å²) in [4.78, 5) is 15.3. The normalized spacial score (nSPS) is 10.2. The number of carbonyl (C=O) groups is 1. The second-order valence-electron chi connectivity index (χ2n) is 3.39. The van der Waals surface area contributed by atoms with Gasteiger partial charge in [-0.1, -0.05) is 18.2 Å². The van der Waals surface area contributed by atoms with E-state index in [4.69, 9.17) is 0 Å². The lowest BCUT2D eigenvalue weighted by atomic mass is 10.1. The first-order valence-corrected chi connectivity index (χ1v) is 5.85. The first-order valence-electron chi connectivity index (χ1n) is 4.97. The van der Waals surface area contributed by atoms with Crippen LogP contribution in [0.15, 0.2) is 29.6 Å². The topological polar surface area (TPSA) is 39.2 Å². The van der Waals surface area contributed by atoms with Crippen LogP contribution in [0, 0.1) is 5.82 Å². The van der Waals surface area contributed by atoms with Crippen molar-refractivity contribution in [1.82, 2.24) is 4.98 Å². The average Bonchev–Trinajstić information content (AvgIpc) is 2.80. The molecule has 0 fully saturated rings. The molecule has 3 nitrogen and oxygen atoms in total. The van der Waals surface area contributed by atoms with Gasteiger partial charge in [0.1, 0.15) is 5.82 Å². The highest BCUT2D eigenvalue weighted by Gasteiger charge is 2.11. The zero-order valence-corrected chi connectivity index (χ0v) is 9.96. The molecule has 88 valence electrons. The number of esters is 1. The van der Waals surface area contributed by atoms with Gasteiger partial charge >= 0.3 is 5.97 Å². The van der Waals surface area contributed by atoms with Crippen molar-refractivity contribution in [2.45, 2.75) is 6.42 Å². The van der Waals surface area contributed by atoms with E-state index in [1.807, 2.05) is 0 Å². The van der Waals surface area contributed by atoms with Crippen molar-refractivity contribution in [1.29, 1.82) is 0 Å². The first-order chi connectivity index (χ1) is 8.20. The van der Waals surface area contributed by atoms with Crippen molar-refractivity contribution in [3.05, 3.63) is 51.7 Å². The minimum Gasteiger partial charge on any atom is -0.464 e.